The average molecular weight is 228 g/mol. The van der Waals surface area contributed by atoms with Crippen molar-refractivity contribution < 1.29 is 0 Å². The summed E-state index contributed by atoms with van der Waals surface area (Å²) < 4.78 is 2.01. The summed E-state index contributed by atoms with van der Waals surface area (Å²) in [7, 11) is 0. The minimum absolute atomic E-state index is 0.240. The highest BCUT2D eigenvalue weighted by Gasteiger charge is 2.47. The van der Waals surface area contributed by atoms with Gasteiger partial charge in [0, 0.05) is 18.3 Å². The number of hydrogen-bond acceptors (Lipinski definition) is 2. The van der Waals surface area contributed by atoms with Crippen molar-refractivity contribution in [2.45, 2.75) is 51.5 Å². The molecule has 1 heterocycles. The highest BCUT2D eigenvalue weighted by molar-refractivity contribution is 6.21. The highest BCUT2D eigenvalue weighted by Crippen LogP contribution is 2.52. The molecule has 1 aliphatic rings. The van der Waals surface area contributed by atoms with E-state index in [0.717, 1.165) is 25.2 Å². The fourth-order valence-electron chi connectivity index (χ4n) is 2.01. The fraction of sp³-hybridized carbons (Fsp3) is 0.818. The second kappa shape index (κ2) is 4.12. The van der Waals surface area contributed by atoms with E-state index in [9.17, 15) is 0 Å². The molecule has 1 saturated carbocycles. The molecular weight excluding hydrogens is 210 g/mol. The lowest BCUT2D eigenvalue weighted by Crippen LogP contribution is -2.19. The minimum Gasteiger partial charge on any atom is -0.250 e. The second-order valence-electron chi connectivity index (χ2n) is 4.55. The van der Waals surface area contributed by atoms with Gasteiger partial charge in [0.2, 0.25) is 0 Å². The molecule has 1 aromatic heterocycles. The van der Waals surface area contributed by atoms with Crippen molar-refractivity contribution in [1.82, 2.24) is 14.8 Å². The van der Waals surface area contributed by atoms with Crippen LogP contribution in [0.3, 0.4) is 0 Å². The Morgan fingerprint density at radius 3 is 2.87 bits per heavy atom. The van der Waals surface area contributed by atoms with E-state index in [1.54, 1.807) is 6.33 Å². The summed E-state index contributed by atoms with van der Waals surface area (Å²) in [6.07, 6.45) is 6.20. The van der Waals surface area contributed by atoms with E-state index in [0.29, 0.717) is 5.41 Å². The van der Waals surface area contributed by atoms with Crippen molar-refractivity contribution in [3.05, 3.63) is 12.2 Å². The number of alkyl halides is 1. The van der Waals surface area contributed by atoms with Crippen LogP contribution < -0.4 is 0 Å². The first-order chi connectivity index (χ1) is 7.18. The topological polar surface area (TPSA) is 30.7 Å². The molecule has 84 valence electrons. The van der Waals surface area contributed by atoms with Crippen LogP contribution in [-0.4, -0.2) is 20.1 Å². The highest BCUT2D eigenvalue weighted by atomic mass is 35.5. The van der Waals surface area contributed by atoms with Crippen LogP contribution >= 0.6 is 11.6 Å². The van der Waals surface area contributed by atoms with E-state index in [2.05, 4.69) is 23.9 Å². The number of hydrogen-bond donors (Lipinski definition) is 0. The summed E-state index contributed by atoms with van der Waals surface area (Å²) in [4.78, 5) is 4.34. The first kappa shape index (κ1) is 10.9. The van der Waals surface area contributed by atoms with Crippen LogP contribution in [0.15, 0.2) is 6.33 Å². The van der Waals surface area contributed by atoms with Crippen LogP contribution in [0.5, 0.6) is 0 Å². The SMILES string of the molecule is CCCn1ncnc1CC1(C(C)Cl)CC1. The normalized spacial score (nSPS) is 20.2. The van der Waals surface area contributed by atoms with Gasteiger partial charge in [-0.25, -0.2) is 4.98 Å². The van der Waals surface area contributed by atoms with Crippen molar-refractivity contribution in [2.75, 3.05) is 0 Å². The van der Waals surface area contributed by atoms with Crippen molar-refractivity contribution in [1.29, 1.82) is 0 Å². The zero-order chi connectivity index (χ0) is 10.9. The molecule has 0 amide bonds. The van der Waals surface area contributed by atoms with E-state index >= 15 is 0 Å². The summed E-state index contributed by atoms with van der Waals surface area (Å²) >= 11 is 6.22. The van der Waals surface area contributed by atoms with E-state index in [1.807, 2.05) is 4.68 Å². The lowest BCUT2D eigenvalue weighted by molar-refractivity contribution is 0.454. The Balaban J connectivity index is 2.07. The summed E-state index contributed by atoms with van der Waals surface area (Å²) in [5.41, 5.74) is 0.306. The Morgan fingerprint density at radius 1 is 1.60 bits per heavy atom. The van der Waals surface area contributed by atoms with Crippen LogP contribution in [0.4, 0.5) is 0 Å². The standard InChI is InChI=1S/C11H18ClN3/c1-3-6-15-10(13-8-14-15)7-11(4-5-11)9(2)12/h8-9H,3-7H2,1-2H3. The van der Waals surface area contributed by atoms with Gasteiger partial charge in [0.15, 0.2) is 0 Å². The molecule has 1 fully saturated rings. The molecule has 1 atom stereocenters. The van der Waals surface area contributed by atoms with Crippen molar-refractivity contribution in [3.8, 4) is 0 Å². The summed E-state index contributed by atoms with van der Waals surface area (Å²) in [5.74, 6) is 1.10. The molecule has 0 saturated heterocycles. The molecule has 0 radical (unpaired) electrons. The molecule has 15 heavy (non-hydrogen) atoms. The Morgan fingerprint density at radius 2 is 2.33 bits per heavy atom. The number of aryl methyl sites for hydroxylation is 1. The summed E-state index contributed by atoms with van der Waals surface area (Å²) in [6, 6.07) is 0. The van der Waals surface area contributed by atoms with Gasteiger partial charge in [0.25, 0.3) is 0 Å². The maximum atomic E-state index is 6.22. The predicted octanol–water partition coefficient (Wildman–Crippen LogP) is 2.64. The third-order valence-electron chi connectivity index (χ3n) is 3.38. The Bertz CT molecular complexity index is 328. The molecule has 3 nitrogen and oxygen atoms in total. The summed E-state index contributed by atoms with van der Waals surface area (Å²) in [5, 5.41) is 4.48. The molecule has 4 heteroatoms. The van der Waals surface area contributed by atoms with Crippen LogP contribution in [-0.2, 0) is 13.0 Å². The number of aromatic nitrogens is 3. The van der Waals surface area contributed by atoms with Gasteiger partial charge in [-0.1, -0.05) is 6.92 Å². The molecular formula is C11H18ClN3. The molecule has 1 unspecified atom stereocenters. The molecule has 1 aliphatic carbocycles. The van der Waals surface area contributed by atoms with Gasteiger partial charge in [-0.15, -0.1) is 11.6 Å². The van der Waals surface area contributed by atoms with Gasteiger partial charge in [-0.3, -0.25) is 4.68 Å². The van der Waals surface area contributed by atoms with Crippen molar-refractivity contribution >= 4 is 11.6 Å². The summed E-state index contributed by atoms with van der Waals surface area (Å²) in [6.45, 7) is 5.21. The van der Waals surface area contributed by atoms with Crippen LogP contribution in [0.25, 0.3) is 0 Å². The average Bonchev–Trinajstić information content (AvgIpc) is 2.85. The van der Waals surface area contributed by atoms with Crippen molar-refractivity contribution in [2.24, 2.45) is 5.41 Å². The third kappa shape index (κ3) is 2.17. The van der Waals surface area contributed by atoms with Gasteiger partial charge in [-0.05, 0) is 31.6 Å². The van der Waals surface area contributed by atoms with Gasteiger partial charge in [-0.2, -0.15) is 5.10 Å². The third-order valence-corrected chi connectivity index (χ3v) is 3.84. The fourth-order valence-corrected chi connectivity index (χ4v) is 2.31. The molecule has 0 aromatic carbocycles. The largest absolute Gasteiger partial charge is 0.250 e. The van der Waals surface area contributed by atoms with E-state index in [1.165, 1.54) is 12.8 Å². The predicted molar refractivity (Wildman–Crippen MR) is 61.0 cm³/mol. The molecule has 0 spiro atoms. The zero-order valence-corrected chi connectivity index (χ0v) is 10.2. The Labute approximate surface area is 95.8 Å². The van der Waals surface area contributed by atoms with E-state index in [-0.39, 0.29) is 5.38 Å². The van der Waals surface area contributed by atoms with Gasteiger partial charge < -0.3 is 0 Å². The quantitative estimate of drug-likeness (QED) is 0.724. The zero-order valence-electron chi connectivity index (χ0n) is 9.41. The molecule has 1 aromatic rings. The molecule has 0 aliphatic heterocycles. The first-order valence-electron chi connectivity index (χ1n) is 5.69. The maximum absolute atomic E-state index is 6.22. The van der Waals surface area contributed by atoms with E-state index < -0.39 is 0 Å². The van der Waals surface area contributed by atoms with Crippen molar-refractivity contribution in [3.63, 3.8) is 0 Å². The Kier molecular flexibility index (Phi) is 3.01. The Hall–Kier alpha value is -0.570. The minimum atomic E-state index is 0.240. The number of rotatable bonds is 5. The second-order valence-corrected chi connectivity index (χ2v) is 5.21. The smallest absolute Gasteiger partial charge is 0.138 e. The number of nitrogens with zero attached hydrogens (tertiary/aromatic N) is 3. The molecule has 0 bridgehead atoms. The van der Waals surface area contributed by atoms with E-state index in [4.69, 9.17) is 11.6 Å². The van der Waals surface area contributed by atoms with Gasteiger partial charge >= 0.3 is 0 Å². The van der Waals surface area contributed by atoms with Crippen LogP contribution in [0.2, 0.25) is 0 Å². The number of halogens is 1. The maximum Gasteiger partial charge on any atom is 0.138 e. The lowest BCUT2D eigenvalue weighted by atomic mass is 9.98. The van der Waals surface area contributed by atoms with Crippen LogP contribution in [0.1, 0.15) is 38.9 Å². The lowest BCUT2D eigenvalue weighted by Gasteiger charge is -2.17. The monoisotopic (exact) mass is 227 g/mol. The first-order valence-corrected chi connectivity index (χ1v) is 6.12. The van der Waals surface area contributed by atoms with Crippen LogP contribution in [0, 0.1) is 5.41 Å². The molecule has 2 rings (SSSR count). The molecule has 0 N–H and O–H groups in total. The van der Waals surface area contributed by atoms with Gasteiger partial charge in [0.05, 0.1) is 0 Å². The van der Waals surface area contributed by atoms with Gasteiger partial charge in [0.1, 0.15) is 12.2 Å².